The van der Waals surface area contributed by atoms with E-state index < -0.39 is 5.60 Å². The molecule has 1 atom stereocenters. The van der Waals surface area contributed by atoms with E-state index in [1.165, 1.54) is 5.56 Å². The van der Waals surface area contributed by atoms with Crippen LogP contribution in [0.3, 0.4) is 0 Å². The Morgan fingerprint density at radius 2 is 2.25 bits per heavy atom. The van der Waals surface area contributed by atoms with Crippen LogP contribution in [0.5, 0.6) is 0 Å². The minimum Gasteiger partial charge on any atom is -0.444 e. The highest BCUT2D eigenvalue weighted by atomic mass is 32.1. The standard InChI is InChI=1S/C15H21NO3S/c1-15(2,3)19-14(18)16-6-4-13(17)12(9-16)8-11-5-7-20-10-11/h5,7,10,12H,4,6,8-9H2,1-3H3. The molecule has 1 aliphatic rings. The third kappa shape index (κ3) is 4.07. The fraction of sp³-hybridized carbons (Fsp3) is 0.600. The summed E-state index contributed by atoms with van der Waals surface area (Å²) in [6, 6.07) is 2.03. The second-order valence-corrected chi connectivity index (χ2v) is 6.96. The summed E-state index contributed by atoms with van der Waals surface area (Å²) >= 11 is 1.63. The van der Waals surface area contributed by atoms with Gasteiger partial charge in [0, 0.05) is 25.4 Å². The van der Waals surface area contributed by atoms with E-state index in [1.54, 1.807) is 16.2 Å². The van der Waals surface area contributed by atoms with Crippen LogP contribution in [-0.2, 0) is 16.0 Å². The summed E-state index contributed by atoms with van der Waals surface area (Å²) in [5, 5.41) is 4.06. The van der Waals surface area contributed by atoms with Gasteiger partial charge in [-0.25, -0.2) is 4.79 Å². The molecule has 0 aromatic carbocycles. The molecule has 0 saturated carbocycles. The molecule has 0 radical (unpaired) electrons. The van der Waals surface area contributed by atoms with Gasteiger partial charge in [-0.3, -0.25) is 4.79 Å². The molecule has 1 aliphatic heterocycles. The molecule has 1 aromatic rings. The number of thiophene rings is 1. The van der Waals surface area contributed by atoms with Crippen LogP contribution in [0, 0.1) is 5.92 Å². The lowest BCUT2D eigenvalue weighted by molar-refractivity contribution is -0.125. The van der Waals surface area contributed by atoms with Gasteiger partial charge in [0.15, 0.2) is 0 Å². The average molecular weight is 295 g/mol. The maximum atomic E-state index is 12.1. The summed E-state index contributed by atoms with van der Waals surface area (Å²) < 4.78 is 5.37. The van der Waals surface area contributed by atoms with Crippen molar-refractivity contribution in [3.8, 4) is 0 Å². The molecule has 1 unspecified atom stereocenters. The fourth-order valence-corrected chi connectivity index (χ4v) is 2.95. The zero-order chi connectivity index (χ0) is 14.8. The number of carbonyl (C=O) groups excluding carboxylic acids is 2. The highest BCUT2D eigenvalue weighted by molar-refractivity contribution is 7.07. The topological polar surface area (TPSA) is 46.6 Å². The van der Waals surface area contributed by atoms with Gasteiger partial charge in [-0.2, -0.15) is 11.3 Å². The minimum atomic E-state index is -0.499. The Morgan fingerprint density at radius 3 is 2.85 bits per heavy atom. The molecule has 2 rings (SSSR count). The van der Waals surface area contributed by atoms with Gasteiger partial charge < -0.3 is 9.64 Å². The number of ether oxygens (including phenoxy) is 1. The molecule has 0 N–H and O–H groups in total. The Balaban J connectivity index is 1.97. The summed E-state index contributed by atoms with van der Waals surface area (Å²) in [7, 11) is 0. The zero-order valence-corrected chi connectivity index (χ0v) is 13.0. The molecular weight excluding hydrogens is 274 g/mol. The van der Waals surface area contributed by atoms with Crippen LogP contribution in [0.25, 0.3) is 0 Å². The van der Waals surface area contributed by atoms with E-state index in [-0.39, 0.29) is 17.8 Å². The number of ketones is 1. The number of carbonyl (C=O) groups is 2. The van der Waals surface area contributed by atoms with Crippen LogP contribution < -0.4 is 0 Å². The maximum Gasteiger partial charge on any atom is 0.410 e. The van der Waals surface area contributed by atoms with Crippen molar-refractivity contribution in [1.29, 1.82) is 0 Å². The van der Waals surface area contributed by atoms with Crippen LogP contribution in [0.1, 0.15) is 32.8 Å². The molecule has 0 bridgehead atoms. The van der Waals surface area contributed by atoms with E-state index >= 15 is 0 Å². The van der Waals surface area contributed by atoms with Crippen molar-refractivity contribution in [3.63, 3.8) is 0 Å². The lowest BCUT2D eigenvalue weighted by Crippen LogP contribution is -2.46. The Morgan fingerprint density at radius 1 is 1.50 bits per heavy atom. The zero-order valence-electron chi connectivity index (χ0n) is 12.2. The van der Waals surface area contributed by atoms with Gasteiger partial charge in [0.25, 0.3) is 0 Å². The van der Waals surface area contributed by atoms with Crippen LogP contribution in [0.4, 0.5) is 4.79 Å². The van der Waals surface area contributed by atoms with E-state index in [1.807, 2.05) is 32.2 Å². The normalized spacial score (nSPS) is 20.1. The van der Waals surface area contributed by atoms with Gasteiger partial charge in [0.05, 0.1) is 0 Å². The van der Waals surface area contributed by atoms with Crippen molar-refractivity contribution in [3.05, 3.63) is 22.4 Å². The highest BCUT2D eigenvalue weighted by Crippen LogP contribution is 2.21. The van der Waals surface area contributed by atoms with E-state index in [0.717, 1.165) is 0 Å². The van der Waals surface area contributed by atoms with E-state index in [4.69, 9.17) is 4.74 Å². The number of rotatable bonds is 2. The smallest absolute Gasteiger partial charge is 0.410 e. The average Bonchev–Trinajstić information content (AvgIpc) is 2.82. The maximum absolute atomic E-state index is 12.1. The molecule has 2 heterocycles. The predicted octanol–water partition coefficient (Wildman–Crippen LogP) is 3.12. The summed E-state index contributed by atoms with van der Waals surface area (Å²) in [6.45, 7) is 6.48. The lowest BCUT2D eigenvalue weighted by atomic mass is 9.91. The first-order valence-corrected chi connectivity index (χ1v) is 7.81. The molecule has 1 fully saturated rings. The van der Waals surface area contributed by atoms with Crippen LogP contribution in [0.15, 0.2) is 16.8 Å². The minimum absolute atomic E-state index is 0.106. The number of hydrogen-bond donors (Lipinski definition) is 0. The first kappa shape index (κ1) is 15.0. The van der Waals surface area contributed by atoms with Gasteiger partial charge >= 0.3 is 6.09 Å². The summed E-state index contributed by atoms with van der Waals surface area (Å²) in [5.74, 6) is 0.141. The van der Waals surface area contributed by atoms with Crippen molar-refractivity contribution in [2.24, 2.45) is 5.92 Å². The largest absolute Gasteiger partial charge is 0.444 e. The third-order valence-electron chi connectivity index (χ3n) is 3.24. The molecule has 110 valence electrons. The molecule has 1 aromatic heterocycles. The van der Waals surface area contributed by atoms with Crippen LogP contribution >= 0.6 is 11.3 Å². The Kier molecular flexibility index (Phi) is 4.48. The van der Waals surface area contributed by atoms with Crippen molar-refractivity contribution < 1.29 is 14.3 Å². The monoisotopic (exact) mass is 295 g/mol. The quantitative estimate of drug-likeness (QED) is 0.842. The Hall–Kier alpha value is -1.36. The molecule has 20 heavy (non-hydrogen) atoms. The third-order valence-corrected chi connectivity index (χ3v) is 3.97. The van der Waals surface area contributed by atoms with Crippen molar-refractivity contribution in [2.45, 2.75) is 39.2 Å². The van der Waals surface area contributed by atoms with Crippen molar-refractivity contribution in [2.75, 3.05) is 13.1 Å². The molecule has 1 amide bonds. The lowest BCUT2D eigenvalue weighted by Gasteiger charge is -2.33. The Bertz CT molecular complexity index is 476. The highest BCUT2D eigenvalue weighted by Gasteiger charge is 2.32. The number of likely N-dealkylation sites (tertiary alicyclic amines) is 1. The molecule has 0 aliphatic carbocycles. The van der Waals surface area contributed by atoms with Crippen LogP contribution in [-0.4, -0.2) is 35.5 Å². The van der Waals surface area contributed by atoms with E-state index in [0.29, 0.717) is 25.9 Å². The molecule has 4 nitrogen and oxygen atoms in total. The molecule has 1 saturated heterocycles. The van der Waals surface area contributed by atoms with Crippen molar-refractivity contribution in [1.82, 2.24) is 4.90 Å². The fourth-order valence-electron chi connectivity index (χ4n) is 2.27. The number of nitrogens with zero attached hydrogens (tertiary/aromatic N) is 1. The molecular formula is C15H21NO3S. The van der Waals surface area contributed by atoms with E-state index in [9.17, 15) is 9.59 Å². The van der Waals surface area contributed by atoms with Gasteiger partial charge in [-0.15, -0.1) is 0 Å². The summed E-state index contributed by atoms with van der Waals surface area (Å²) in [6.07, 6.45) is 0.815. The van der Waals surface area contributed by atoms with Crippen molar-refractivity contribution >= 4 is 23.2 Å². The Labute approximate surface area is 123 Å². The predicted molar refractivity (Wildman–Crippen MR) is 78.9 cm³/mol. The van der Waals surface area contributed by atoms with Gasteiger partial charge in [-0.05, 0) is 49.6 Å². The summed E-state index contributed by atoms with van der Waals surface area (Å²) in [5.41, 5.74) is 0.667. The van der Waals surface area contributed by atoms with Crippen LogP contribution in [0.2, 0.25) is 0 Å². The van der Waals surface area contributed by atoms with Gasteiger partial charge in [0.1, 0.15) is 11.4 Å². The summed E-state index contributed by atoms with van der Waals surface area (Å²) in [4.78, 5) is 25.7. The molecule has 0 spiro atoms. The SMILES string of the molecule is CC(C)(C)OC(=O)N1CCC(=O)C(Cc2ccsc2)C1. The second kappa shape index (κ2) is 5.95. The first-order valence-electron chi connectivity index (χ1n) is 6.87. The second-order valence-electron chi connectivity index (χ2n) is 6.18. The number of Topliss-reactive ketones (excluding diaryl/α,β-unsaturated/α-hetero) is 1. The first-order chi connectivity index (χ1) is 9.35. The van der Waals surface area contributed by atoms with Gasteiger partial charge in [0.2, 0.25) is 0 Å². The number of piperidine rings is 1. The van der Waals surface area contributed by atoms with E-state index in [2.05, 4.69) is 5.38 Å². The number of hydrogen-bond acceptors (Lipinski definition) is 4. The molecule has 5 heteroatoms. The van der Waals surface area contributed by atoms with Gasteiger partial charge in [-0.1, -0.05) is 0 Å². The number of amides is 1.